The number of hydrogen-bond acceptors (Lipinski definition) is 8. The highest BCUT2D eigenvalue weighted by Crippen LogP contribution is 2.27. The van der Waals surface area contributed by atoms with Crippen molar-refractivity contribution in [1.82, 2.24) is 14.9 Å². The Labute approximate surface area is 221 Å². The van der Waals surface area contributed by atoms with Crippen molar-refractivity contribution in [2.45, 2.75) is 25.5 Å². The summed E-state index contributed by atoms with van der Waals surface area (Å²) in [4.78, 5) is 26.4. The van der Waals surface area contributed by atoms with E-state index in [2.05, 4.69) is 25.5 Å². The van der Waals surface area contributed by atoms with E-state index < -0.39 is 0 Å². The number of carbonyl (C=O) groups is 1. The predicted octanol–water partition coefficient (Wildman–Crippen LogP) is 3.92. The number of nitrogens with one attached hydrogen (secondary N) is 2. The minimum absolute atomic E-state index is 0.0390. The van der Waals surface area contributed by atoms with Crippen LogP contribution in [0.2, 0.25) is 5.02 Å². The molecule has 3 heterocycles. The molecule has 0 spiro atoms. The van der Waals surface area contributed by atoms with Crippen LogP contribution in [0.4, 0.5) is 23.1 Å². The number of ether oxygens (including phenoxy) is 1. The van der Waals surface area contributed by atoms with Crippen molar-refractivity contribution in [3.63, 3.8) is 0 Å². The number of amides is 1. The first-order valence-electron chi connectivity index (χ1n) is 12.6. The number of anilines is 4. The van der Waals surface area contributed by atoms with Crippen LogP contribution in [0.5, 0.6) is 0 Å². The molecule has 2 fully saturated rings. The smallest absolute Gasteiger partial charge is 0.254 e. The Morgan fingerprint density at radius 2 is 1.89 bits per heavy atom. The molecule has 2 aliphatic rings. The first-order chi connectivity index (χ1) is 18.0. The minimum Gasteiger partial charge on any atom is -0.393 e. The second-order valence-corrected chi connectivity index (χ2v) is 9.70. The molecule has 10 heteroatoms. The normalized spacial score (nSPS) is 16.5. The zero-order chi connectivity index (χ0) is 25.6. The number of hydrogen-bond donors (Lipinski definition) is 3. The molecule has 9 nitrogen and oxygen atoms in total. The molecule has 194 valence electrons. The first-order valence-corrected chi connectivity index (χ1v) is 12.9. The molecule has 0 aliphatic carbocycles. The number of halogens is 1. The summed E-state index contributed by atoms with van der Waals surface area (Å²) in [6, 6.07) is 15.3. The molecule has 37 heavy (non-hydrogen) atoms. The molecule has 2 aliphatic heterocycles. The number of nitrogens with zero attached hydrogens (tertiary/aromatic N) is 4. The van der Waals surface area contributed by atoms with Crippen molar-refractivity contribution >= 4 is 40.6 Å². The number of piperidine rings is 1. The topological polar surface area (TPSA) is 103 Å². The summed E-state index contributed by atoms with van der Waals surface area (Å²) < 4.78 is 5.51. The van der Waals surface area contributed by atoms with Gasteiger partial charge in [0.1, 0.15) is 5.82 Å². The second kappa shape index (κ2) is 11.8. The zero-order valence-electron chi connectivity index (χ0n) is 20.6. The molecule has 2 aromatic carbocycles. The number of likely N-dealkylation sites (tertiary alicyclic amines) is 1. The van der Waals surface area contributed by atoms with Crippen LogP contribution in [-0.2, 0) is 11.3 Å². The Morgan fingerprint density at radius 1 is 1.08 bits per heavy atom. The van der Waals surface area contributed by atoms with Gasteiger partial charge < -0.3 is 30.3 Å². The molecule has 3 N–H and O–H groups in total. The molecule has 0 radical (unpaired) electrons. The van der Waals surface area contributed by atoms with Crippen LogP contribution in [-0.4, -0.2) is 71.4 Å². The Kier molecular flexibility index (Phi) is 8.03. The van der Waals surface area contributed by atoms with Gasteiger partial charge in [-0.3, -0.25) is 4.79 Å². The van der Waals surface area contributed by atoms with Gasteiger partial charge in [0.05, 0.1) is 19.3 Å². The highest BCUT2D eigenvalue weighted by Gasteiger charge is 2.24. The summed E-state index contributed by atoms with van der Waals surface area (Å²) in [5.74, 6) is 1.06. The van der Waals surface area contributed by atoms with E-state index in [0.717, 1.165) is 30.0 Å². The average Bonchev–Trinajstić information content (AvgIpc) is 2.92. The molecule has 2 saturated heterocycles. The molecular formula is C27H31ClN6O3. The third kappa shape index (κ3) is 6.68. The fraction of sp³-hybridized carbons (Fsp3) is 0.370. The number of morpholine rings is 1. The van der Waals surface area contributed by atoms with Crippen LogP contribution < -0.4 is 15.5 Å². The van der Waals surface area contributed by atoms with Gasteiger partial charge in [0, 0.05) is 60.9 Å². The van der Waals surface area contributed by atoms with Crippen LogP contribution in [0, 0.1) is 0 Å². The molecule has 0 unspecified atom stereocenters. The van der Waals surface area contributed by atoms with E-state index in [9.17, 15) is 9.90 Å². The van der Waals surface area contributed by atoms with Crippen LogP contribution in [0.3, 0.4) is 0 Å². The number of rotatable bonds is 7. The lowest BCUT2D eigenvalue weighted by Crippen LogP contribution is -2.40. The highest BCUT2D eigenvalue weighted by molar-refractivity contribution is 6.30. The van der Waals surface area contributed by atoms with Gasteiger partial charge in [-0.15, -0.1) is 0 Å². The summed E-state index contributed by atoms with van der Waals surface area (Å²) >= 11 is 6.09. The average molecular weight is 523 g/mol. The maximum atomic E-state index is 13.4. The van der Waals surface area contributed by atoms with Gasteiger partial charge in [0.25, 0.3) is 5.91 Å². The quantitative estimate of drug-likeness (QED) is 0.429. The van der Waals surface area contributed by atoms with Crippen molar-refractivity contribution in [2.75, 3.05) is 54.9 Å². The maximum absolute atomic E-state index is 13.4. The van der Waals surface area contributed by atoms with E-state index in [1.54, 1.807) is 12.3 Å². The predicted molar refractivity (Wildman–Crippen MR) is 145 cm³/mol. The number of aliphatic hydroxyl groups excluding tert-OH is 1. The molecule has 1 amide bonds. The van der Waals surface area contributed by atoms with Crippen LogP contribution in [0.15, 0.2) is 54.7 Å². The van der Waals surface area contributed by atoms with Crippen molar-refractivity contribution in [2.24, 2.45) is 0 Å². The number of carbonyl (C=O) groups excluding carboxylic acids is 1. The van der Waals surface area contributed by atoms with Crippen LogP contribution >= 0.6 is 11.6 Å². The molecule has 0 saturated carbocycles. The second-order valence-electron chi connectivity index (χ2n) is 9.27. The number of aliphatic hydroxyl groups is 1. The molecule has 0 atom stereocenters. The van der Waals surface area contributed by atoms with Gasteiger partial charge in [-0.05, 0) is 54.8 Å². The molecule has 0 bridgehead atoms. The largest absolute Gasteiger partial charge is 0.393 e. The van der Waals surface area contributed by atoms with Crippen LogP contribution in [0.25, 0.3) is 0 Å². The standard InChI is InChI=1S/C27H31ClN6O3/c28-21-3-1-2-19(14-21)18-30-25-4-7-29-27(32-25)31-22-15-20(26(36)34-8-5-24(35)6-9-34)16-23(17-22)33-10-12-37-13-11-33/h1-4,7,14-17,24,35H,5-6,8-13,18H2,(H2,29,30,31,32). The first kappa shape index (κ1) is 25.3. The Balaban J connectivity index is 1.35. The van der Waals surface area contributed by atoms with Gasteiger partial charge in [-0.25, -0.2) is 4.98 Å². The van der Waals surface area contributed by atoms with Crippen LogP contribution in [0.1, 0.15) is 28.8 Å². The van der Waals surface area contributed by atoms with Gasteiger partial charge in [0.15, 0.2) is 0 Å². The molecular weight excluding hydrogens is 492 g/mol. The van der Waals surface area contributed by atoms with E-state index in [4.69, 9.17) is 16.3 Å². The van der Waals surface area contributed by atoms with Crippen molar-refractivity contribution in [3.8, 4) is 0 Å². The minimum atomic E-state index is -0.335. The lowest BCUT2D eigenvalue weighted by atomic mass is 10.1. The molecule has 5 rings (SSSR count). The van der Waals surface area contributed by atoms with Crippen molar-refractivity contribution in [3.05, 3.63) is 70.9 Å². The van der Waals surface area contributed by atoms with E-state index in [1.807, 2.05) is 47.4 Å². The summed E-state index contributed by atoms with van der Waals surface area (Å²) in [6.07, 6.45) is 2.55. The monoisotopic (exact) mass is 522 g/mol. The Morgan fingerprint density at radius 3 is 2.68 bits per heavy atom. The highest BCUT2D eigenvalue weighted by atomic mass is 35.5. The zero-order valence-corrected chi connectivity index (χ0v) is 21.3. The summed E-state index contributed by atoms with van der Waals surface area (Å²) in [7, 11) is 0. The van der Waals surface area contributed by atoms with E-state index in [0.29, 0.717) is 68.0 Å². The van der Waals surface area contributed by atoms with Crippen molar-refractivity contribution in [1.29, 1.82) is 0 Å². The summed E-state index contributed by atoms with van der Waals surface area (Å²) in [6.45, 7) is 4.48. The van der Waals surface area contributed by atoms with E-state index in [1.165, 1.54) is 0 Å². The van der Waals surface area contributed by atoms with Gasteiger partial charge in [-0.1, -0.05) is 23.7 Å². The molecule has 3 aromatic rings. The summed E-state index contributed by atoms with van der Waals surface area (Å²) in [5, 5.41) is 17.1. The lowest BCUT2D eigenvalue weighted by Gasteiger charge is -2.31. The molecule has 1 aromatic heterocycles. The fourth-order valence-corrected chi connectivity index (χ4v) is 4.76. The van der Waals surface area contributed by atoms with Gasteiger partial charge in [-0.2, -0.15) is 4.98 Å². The SMILES string of the molecule is O=C(c1cc(Nc2nccc(NCc3cccc(Cl)c3)n2)cc(N2CCOCC2)c1)N1CCC(O)CC1. The Hall–Kier alpha value is -3.40. The maximum Gasteiger partial charge on any atom is 0.254 e. The third-order valence-corrected chi connectivity index (χ3v) is 6.80. The van der Waals surface area contributed by atoms with Gasteiger partial charge in [0.2, 0.25) is 5.95 Å². The number of benzene rings is 2. The Bertz CT molecular complexity index is 1230. The fourth-order valence-electron chi connectivity index (χ4n) is 4.55. The van der Waals surface area contributed by atoms with E-state index >= 15 is 0 Å². The van der Waals surface area contributed by atoms with E-state index in [-0.39, 0.29) is 12.0 Å². The van der Waals surface area contributed by atoms with Crippen molar-refractivity contribution < 1.29 is 14.6 Å². The lowest BCUT2D eigenvalue weighted by molar-refractivity contribution is 0.0546. The number of aromatic nitrogens is 2. The summed E-state index contributed by atoms with van der Waals surface area (Å²) in [5.41, 5.74) is 3.32. The van der Waals surface area contributed by atoms with Gasteiger partial charge >= 0.3 is 0 Å². The third-order valence-electron chi connectivity index (χ3n) is 6.57.